The molecule has 29 heavy (non-hydrogen) atoms. The molecule has 0 spiro atoms. The van der Waals surface area contributed by atoms with E-state index in [1.165, 1.54) is 12.3 Å². The fourth-order valence-electron chi connectivity index (χ4n) is 2.66. The highest BCUT2D eigenvalue weighted by Gasteiger charge is 2.13. The molecule has 2 aromatic carbocycles. The molecular weight excluding hydrogens is 380 g/mol. The van der Waals surface area contributed by atoms with Gasteiger partial charge in [0.25, 0.3) is 0 Å². The summed E-state index contributed by atoms with van der Waals surface area (Å²) in [6.07, 6.45) is 1.95. The van der Waals surface area contributed by atoms with Gasteiger partial charge in [0.05, 0.1) is 18.2 Å². The first-order valence-corrected chi connectivity index (χ1v) is 8.94. The predicted octanol–water partition coefficient (Wildman–Crippen LogP) is 3.48. The van der Waals surface area contributed by atoms with Crippen molar-refractivity contribution in [2.24, 2.45) is 0 Å². The Balaban J connectivity index is 1.53. The Bertz CT molecular complexity index is 1020. The molecule has 150 valence electrons. The number of benzene rings is 2. The molecule has 1 aromatic heterocycles. The first-order valence-electron chi connectivity index (χ1n) is 8.94. The van der Waals surface area contributed by atoms with Crippen LogP contribution >= 0.6 is 0 Å². The monoisotopic (exact) mass is 399 g/mol. The zero-order valence-corrected chi connectivity index (χ0v) is 15.7. The number of likely N-dealkylation sites (N-methyl/N-ethyl adjacent to an activating group) is 1. The second kappa shape index (κ2) is 9.09. The first kappa shape index (κ1) is 20.2. The quantitative estimate of drug-likeness (QED) is 0.637. The second-order valence-electron chi connectivity index (χ2n) is 6.34. The molecule has 0 aliphatic carbocycles. The van der Waals surface area contributed by atoms with Gasteiger partial charge < -0.3 is 15.1 Å². The molecule has 0 radical (unpaired) electrons. The predicted molar refractivity (Wildman–Crippen MR) is 103 cm³/mol. The zero-order chi connectivity index (χ0) is 20.8. The van der Waals surface area contributed by atoms with E-state index in [1.807, 2.05) is 0 Å². The number of nitrogens with zero attached hydrogens (tertiary/aromatic N) is 1. The summed E-state index contributed by atoms with van der Waals surface area (Å²) in [5.41, 5.74) is 1.55. The highest BCUT2D eigenvalue weighted by molar-refractivity contribution is 5.90. The van der Waals surface area contributed by atoms with Gasteiger partial charge in [-0.3, -0.25) is 9.59 Å². The fourth-order valence-corrected chi connectivity index (χ4v) is 2.66. The standard InChI is InChI=1S/C21H19F2N3O3/c1-24-20(28)10-13-2-5-15(6-3-13)26-19(27)8-9-21-25-12-18(29-21)16-7-4-14(22)11-17(16)23/h2-7,11-12H,8-10H2,1H3,(H,24,28)(H,26,27). The number of nitrogens with one attached hydrogen (secondary N) is 2. The van der Waals surface area contributed by atoms with Crippen LogP contribution in [0.15, 0.2) is 53.1 Å². The number of anilines is 1. The minimum atomic E-state index is -0.745. The molecule has 0 bridgehead atoms. The van der Waals surface area contributed by atoms with Crippen LogP contribution < -0.4 is 10.6 Å². The van der Waals surface area contributed by atoms with Crippen molar-refractivity contribution in [2.45, 2.75) is 19.3 Å². The van der Waals surface area contributed by atoms with Gasteiger partial charge >= 0.3 is 0 Å². The van der Waals surface area contributed by atoms with E-state index in [2.05, 4.69) is 15.6 Å². The van der Waals surface area contributed by atoms with Crippen molar-refractivity contribution in [2.75, 3.05) is 12.4 Å². The van der Waals surface area contributed by atoms with Crippen molar-refractivity contribution < 1.29 is 22.8 Å². The molecule has 2 amide bonds. The number of amides is 2. The lowest BCUT2D eigenvalue weighted by Crippen LogP contribution is -2.19. The summed E-state index contributed by atoms with van der Waals surface area (Å²) in [5.74, 6) is -1.30. The molecule has 3 rings (SSSR count). The van der Waals surface area contributed by atoms with Crippen LogP contribution in [-0.4, -0.2) is 23.8 Å². The van der Waals surface area contributed by atoms with Crippen LogP contribution in [0.2, 0.25) is 0 Å². The molecule has 0 aliphatic rings. The minimum Gasteiger partial charge on any atom is -0.441 e. The van der Waals surface area contributed by atoms with E-state index in [0.29, 0.717) is 5.69 Å². The van der Waals surface area contributed by atoms with E-state index in [-0.39, 0.29) is 48.3 Å². The van der Waals surface area contributed by atoms with Crippen molar-refractivity contribution in [3.05, 3.63) is 71.8 Å². The highest BCUT2D eigenvalue weighted by Crippen LogP contribution is 2.24. The Kier molecular flexibility index (Phi) is 6.33. The summed E-state index contributed by atoms with van der Waals surface area (Å²) < 4.78 is 32.3. The Morgan fingerprint density at radius 2 is 1.83 bits per heavy atom. The van der Waals surface area contributed by atoms with Gasteiger partial charge in [-0.05, 0) is 29.8 Å². The van der Waals surface area contributed by atoms with Gasteiger partial charge in [0.15, 0.2) is 11.7 Å². The van der Waals surface area contributed by atoms with Gasteiger partial charge in [-0.15, -0.1) is 0 Å². The lowest BCUT2D eigenvalue weighted by Gasteiger charge is -2.06. The molecule has 2 N–H and O–H groups in total. The molecule has 8 heteroatoms. The molecule has 0 aliphatic heterocycles. The number of carbonyl (C=O) groups is 2. The van der Waals surface area contributed by atoms with Gasteiger partial charge in [-0.2, -0.15) is 0 Å². The van der Waals surface area contributed by atoms with E-state index in [1.54, 1.807) is 31.3 Å². The number of aromatic nitrogens is 1. The van der Waals surface area contributed by atoms with Crippen LogP contribution in [-0.2, 0) is 22.4 Å². The summed E-state index contributed by atoms with van der Waals surface area (Å²) in [6, 6.07) is 10.1. The summed E-state index contributed by atoms with van der Waals surface area (Å²) in [7, 11) is 1.57. The molecule has 3 aromatic rings. The normalized spacial score (nSPS) is 10.6. The SMILES string of the molecule is CNC(=O)Cc1ccc(NC(=O)CCc2ncc(-c3ccc(F)cc3F)o2)cc1. The lowest BCUT2D eigenvalue weighted by molar-refractivity contribution is -0.120. The van der Waals surface area contributed by atoms with E-state index < -0.39 is 11.6 Å². The molecule has 0 atom stereocenters. The maximum absolute atomic E-state index is 13.8. The minimum absolute atomic E-state index is 0.0902. The van der Waals surface area contributed by atoms with Crippen LogP contribution in [0, 0.1) is 11.6 Å². The molecule has 0 saturated carbocycles. The molecule has 0 fully saturated rings. The molecule has 0 unspecified atom stereocenters. The molecule has 6 nitrogen and oxygen atoms in total. The highest BCUT2D eigenvalue weighted by atomic mass is 19.1. The molecular formula is C21H19F2N3O3. The Labute approximate surface area is 166 Å². The number of hydrogen-bond acceptors (Lipinski definition) is 4. The Hall–Kier alpha value is -3.55. The molecule has 1 heterocycles. The third-order valence-corrected chi connectivity index (χ3v) is 4.20. The number of halogens is 2. The van der Waals surface area contributed by atoms with Crippen LogP contribution in [0.25, 0.3) is 11.3 Å². The van der Waals surface area contributed by atoms with Crippen LogP contribution in [0.1, 0.15) is 17.9 Å². The topological polar surface area (TPSA) is 84.2 Å². The van der Waals surface area contributed by atoms with E-state index in [9.17, 15) is 18.4 Å². The van der Waals surface area contributed by atoms with Crippen molar-refractivity contribution in [3.8, 4) is 11.3 Å². The molecule has 0 saturated heterocycles. The van der Waals surface area contributed by atoms with Crippen LogP contribution in [0.5, 0.6) is 0 Å². The van der Waals surface area contributed by atoms with E-state index in [4.69, 9.17) is 4.42 Å². The van der Waals surface area contributed by atoms with Crippen LogP contribution in [0.4, 0.5) is 14.5 Å². The van der Waals surface area contributed by atoms with Crippen molar-refractivity contribution >= 4 is 17.5 Å². The zero-order valence-electron chi connectivity index (χ0n) is 15.7. The average Bonchev–Trinajstić information content (AvgIpc) is 3.16. The van der Waals surface area contributed by atoms with Crippen molar-refractivity contribution in [1.29, 1.82) is 0 Å². The third kappa shape index (κ3) is 5.47. The first-order chi connectivity index (χ1) is 13.9. The van der Waals surface area contributed by atoms with E-state index in [0.717, 1.165) is 17.7 Å². The third-order valence-electron chi connectivity index (χ3n) is 4.20. The Morgan fingerprint density at radius 3 is 2.52 bits per heavy atom. The summed E-state index contributed by atoms with van der Waals surface area (Å²) in [6.45, 7) is 0. The smallest absolute Gasteiger partial charge is 0.224 e. The summed E-state index contributed by atoms with van der Waals surface area (Å²) >= 11 is 0. The number of carbonyl (C=O) groups excluding carboxylic acids is 2. The number of aryl methyl sites for hydroxylation is 1. The van der Waals surface area contributed by atoms with Crippen molar-refractivity contribution in [3.63, 3.8) is 0 Å². The number of oxazole rings is 1. The second-order valence-corrected chi connectivity index (χ2v) is 6.34. The lowest BCUT2D eigenvalue weighted by atomic mass is 10.1. The summed E-state index contributed by atoms with van der Waals surface area (Å²) in [4.78, 5) is 27.5. The van der Waals surface area contributed by atoms with Gasteiger partial charge in [-0.1, -0.05) is 12.1 Å². The van der Waals surface area contributed by atoms with E-state index >= 15 is 0 Å². The summed E-state index contributed by atoms with van der Waals surface area (Å²) in [5, 5.41) is 5.30. The number of rotatable bonds is 7. The maximum atomic E-state index is 13.8. The average molecular weight is 399 g/mol. The van der Waals surface area contributed by atoms with Gasteiger partial charge in [-0.25, -0.2) is 13.8 Å². The van der Waals surface area contributed by atoms with Gasteiger partial charge in [0.2, 0.25) is 11.8 Å². The number of hydrogen-bond donors (Lipinski definition) is 2. The van der Waals surface area contributed by atoms with Gasteiger partial charge in [0, 0.05) is 31.6 Å². The van der Waals surface area contributed by atoms with Crippen LogP contribution in [0.3, 0.4) is 0 Å². The fraction of sp³-hybridized carbons (Fsp3) is 0.190. The maximum Gasteiger partial charge on any atom is 0.224 e. The largest absolute Gasteiger partial charge is 0.441 e. The van der Waals surface area contributed by atoms with Crippen molar-refractivity contribution in [1.82, 2.24) is 10.3 Å². The Morgan fingerprint density at radius 1 is 1.07 bits per heavy atom. The van der Waals surface area contributed by atoms with Gasteiger partial charge in [0.1, 0.15) is 11.6 Å².